The van der Waals surface area contributed by atoms with Crippen LogP contribution < -0.4 is 10.6 Å². The molecule has 0 bridgehead atoms. The molecule has 0 fully saturated rings. The highest BCUT2D eigenvalue weighted by molar-refractivity contribution is 6.32. The standard InChI is InChI=1S/C26H22ClN5O4/c1-2-22-30-24(31-32(22)21-15-9-7-13-19(21)27)26(35)36-16-23(33)29-20-14-8-6-12-18(20)25(34)28-17-10-4-3-5-11-17/h3-15H,2,16H2,1H3,(H,28,34)(H,29,33). The Morgan fingerprint density at radius 3 is 2.36 bits per heavy atom. The van der Waals surface area contributed by atoms with Crippen LogP contribution in [-0.4, -0.2) is 39.2 Å². The first-order valence-corrected chi connectivity index (χ1v) is 11.5. The van der Waals surface area contributed by atoms with Gasteiger partial charge in [0.1, 0.15) is 5.82 Å². The highest BCUT2D eigenvalue weighted by Gasteiger charge is 2.20. The fourth-order valence-electron chi connectivity index (χ4n) is 3.37. The molecule has 0 aliphatic heterocycles. The Kier molecular flexibility index (Phi) is 7.72. The molecule has 4 rings (SSSR count). The third-order valence-electron chi connectivity index (χ3n) is 5.07. The van der Waals surface area contributed by atoms with E-state index in [0.717, 1.165) is 0 Å². The Labute approximate surface area is 212 Å². The molecule has 1 heterocycles. The molecule has 2 amide bonds. The van der Waals surface area contributed by atoms with Gasteiger partial charge in [-0.05, 0) is 36.4 Å². The minimum absolute atomic E-state index is 0.192. The Morgan fingerprint density at radius 1 is 0.917 bits per heavy atom. The van der Waals surface area contributed by atoms with Crippen molar-refractivity contribution in [2.75, 3.05) is 17.2 Å². The molecule has 0 aliphatic carbocycles. The van der Waals surface area contributed by atoms with Gasteiger partial charge in [0.15, 0.2) is 6.61 Å². The molecule has 0 atom stereocenters. The molecule has 0 unspecified atom stereocenters. The third-order valence-corrected chi connectivity index (χ3v) is 5.39. The van der Waals surface area contributed by atoms with Crippen LogP contribution in [0.25, 0.3) is 5.69 Å². The van der Waals surface area contributed by atoms with Crippen molar-refractivity contribution < 1.29 is 19.1 Å². The van der Waals surface area contributed by atoms with Crippen molar-refractivity contribution in [2.24, 2.45) is 0 Å². The highest BCUT2D eigenvalue weighted by Crippen LogP contribution is 2.21. The smallest absolute Gasteiger partial charge is 0.378 e. The van der Waals surface area contributed by atoms with Crippen LogP contribution in [0.15, 0.2) is 78.9 Å². The Balaban J connectivity index is 1.41. The number of rotatable bonds is 8. The number of nitrogens with one attached hydrogen (secondary N) is 2. The Bertz CT molecular complexity index is 1400. The summed E-state index contributed by atoms with van der Waals surface area (Å²) in [4.78, 5) is 41.9. The van der Waals surface area contributed by atoms with Gasteiger partial charge in [0.05, 0.1) is 22.0 Å². The maximum absolute atomic E-state index is 12.7. The monoisotopic (exact) mass is 503 g/mol. The summed E-state index contributed by atoms with van der Waals surface area (Å²) < 4.78 is 6.59. The molecule has 10 heteroatoms. The van der Waals surface area contributed by atoms with Crippen LogP contribution in [-0.2, 0) is 16.0 Å². The molecular formula is C26H22ClN5O4. The lowest BCUT2D eigenvalue weighted by Crippen LogP contribution is -2.23. The zero-order valence-electron chi connectivity index (χ0n) is 19.3. The van der Waals surface area contributed by atoms with Gasteiger partial charge >= 0.3 is 5.97 Å². The van der Waals surface area contributed by atoms with Crippen LogP contribution in [0.1, 0.15) is 33.7 Å². The number of ether oxygens (including phenoxy) is 1. The van der Waals surface area contributed by atoms with Gasteiger partial charge in [0.25, 0.3) is 17.6 Å². The molecular weight excluding hydrogens is 482 g/mol. The lowest BCUT2D eigenvalue weighted by Gasteiger charge is -2.11. The van der Waals surface area contributed by atoms with E-state index in [4.69, 9.17) is 16.3 Å². The normalized spacial score (nSPS) is 10.5. The number of aryl methyl sites for hydroxylation is 1. The quantitative estimate of drug-likeness (QED) is 0.341. The van der Waals surface area contributed by atoms with Crippen molar-refractivity contribution in [3.63, 3.8) is 0 Å². The number of hydrogen-bond donors (Lipinski definition) is 2. The van der Waals surface area contributed by atoms with Gasteiger partial charge in [-0.3, -0.25) is 9.59 Å². The van der Waals surface area contributed by atoms with E-state index < -0.39 is 24.4 Å². The summed E-state index contributed by atoms with van der Waals surface area (Å²) in [5, 5.41) is 10.0. The van der Waals surface area contributed by atoms with E-state index in [2.05, 4.69) is 20.7 Å². The van der Waals surface area contributed by atoms with Crippen LogP contribution in [0.4, 0.5) is 11.4 Å². The Morgan fingerprint density at radius 2 is 1.61 bits per heavy atom. The van der Waals surface area contributed by atoms with Gasteiger partial charge < -0.3 is 15.4 Å². The van der Waals surface area contributed by atoms with E-state index in [0.29, 0.717) is 28.6 Å². The van der Waals surface area contributed by atoms with Crippen molar-refractivity contribution in [1.29, 1.82) is 0 Å². The number of hydrogen-bond acceptors (Lipinski definition) is 6. The molecule has 0 spiro atoms. The van der Waals surface area contributed by atoms with Gasteiger partial charge in [0, 0.05) is 12.1 Å². The molecule has 9 nitrogen and oxygen atoms in total. The fraction of sp³-hybridized carbons (Fsp3) is 0.115. The van der Waals surface area contributed by atoms with Crippen molar-refractivity contribution in [2.45, 2.75) is 13.3 Å². The molecule has 0 aliphatic rings. The van der Waals surface area contributed by atoms with Crippen LogP contribution >= 0.6 is 11.6 Å². The molecule has 36 heavy (non-hydrogen) atoms. The van der Waals surface area contributed by atoms with Gasteiger partial charge in [-0.1, -0.05) is 61.0 Å². The van der Waals surface area contributed by atoms with Gasteiger partial charge in [-0.15, -0.1) is 5.10 Å². The summed E-state index contributed by atoms with van der Waals surface area (Å²) in [5.41, 5.74) is 1.73. The van der Waals surface area contributed by atoms with Gasteiger partial charge in [-0.2, -0.15) is 0 Å². The molecule has 3 aromatic carbocycles. The van der Waals surface area contributed by atoms with Crippen LogP contribution in [0, 0.1) is 0 Å². The first-order chi connectivity index (χ1) is 17.5. The number of halogens is 1. The summed E-state index contributed by atoms with van der Waals surface area (Å²) >= 11 is 6.25. The van der Waals surface area contributed by atoms with Crippen molar-refractivity contribution >= 4 is 40.8 Å². The number of anilines is 2. The zero-order valence-corrected chi connectivity index (χ0v) is 20.0. The summed E-state index contributed by atoms with van der Waals surface area (Å²) in [6.07, 6.45) is 0.494. The van der Waals surface area contributed by atoms with Crippen molar-refractivity contribution in [3.8, 4) is 5.69 Å². The van der Waals surface area contributed by atoms with E-state index in [1.54, 1.807) is 72.8 Å². The SMILES string of the molecule is CCc1nc(C(=O)OCC(=O)Nc2ccccc2C(=O)Nc2ccccc2)nn1-c1ccccc1Cl. The van der Waals surface area contributed by atoms with E-state index in [1.165, 1.54) is 4.68 Å². The zero-order chi connectivity index (χ0) is 25.5. The van der Waals surface area contributed by atoms with Crippen LogP contribution in [0.2, 0.25) is 5.02 Å². The third kappa shape index (κ3) is 5.76. The van der Waals surface area contributed by atoms with E-state index in [-0.39, 0.29) is 17.1 Å². The number of aromatic nitrogens is 3. The summed E-state index contributed by atoms with van der Waals surface area (Å²) in [6, 6.07) is 22.5. The lowest BCUT2D eigenvalue weighted by atomic mass is 10.1. The van der Waals surface area contributed by atoms with Crippen molar-refractivity contribution in [1.82, 2.24) is 14.8 Å². The van der Waals surface area contributed by atoms with Gasteiger partial charge in [0.2, 0.25) is 0 Å². The average molecular weight is 504 g/mol. The highest BCUT2D eigenvalue weighted by atomic mass is 35.5. The second-order valence-corrected chi connectivity index (χ2v) is 7.97. The minimum Gasteiger partial charge on any atom is -0.450 e. The topological polar surface area (TPSA) is 115 Å². The molecule has 1 aromatic heterocycles. The molecule has 0 saturated carbocycles. The largest absolute Gasteiger partial charge is 0.450 e. The molecule has 4 aromatic rings. The summed E-state index contributed by atoms with van der Waals surface area (Å²) in [7, 11) is 0. The number of carbonyl (C=O) groups is 3. The van der Waals surface area contributed by atoms with E-state index in [9.17, 15) is 14.4 Å². The lowest BCUT2D eigenvalue weighted by molar-refractivity contribution is -0.119. The van der Waals surface area contributed by atoms with Gasteiger partial charge in [-0.25, -0.2) is 14.5 Å². The number of esters is 1. The maximum atomic E-state index is 12.7. The van der Waals surface area contributed by atoms with E-state index in [1.807, 2.05) is 13.0 Å². The maximum Gasteiger partial charge on any atom is 0.378 e. The predicted octanol–water partition coefficient (Wildman–Crippen LogP) is 4.53. The van der Waals surface area contributed by atoms with Crippen molar-refractivity contribution in [3.05, 3.63) is 101 Å². The number of carbonyl (C=O) groups excluding carboxylic acids is 3. The minimum atomic E-state index is -0.860. The number of nitrogens with zero attached hydrogens (tertiary/aromatic N) is 3. The summed E-state index contributed by atoms with van der Waals surface area (Å²) in [5.74, 6) is -1.55. The molecule has 2 N–H and O–H groups in total. The summed E-state index contributed by atoms with van der Waals surface area (Å²) in [6.45, 7) is 1.28. The number of benzene rings is 3. The van der Waals surface area contributed by atoms with Crippen LogP contribution in [0.3, 0.4) is 0 Å². The average Bonchev–Trinajstić information content (AvgIpc) is 3.33. The Hall–Kier alpha value is -4.50. The van der Waals surface area contributed by atoms with Crippen LogP contribution in [0.5, 0.6) is 0 Å². The first kappa shape index (κ1) is 24.6. The fourth-order valence-corrected chi connectivity index (χ4v) is 3.58. The number of amides is 2. The second-order valence-electron chi connectivity index (χ2n) is 7.56. The van der Waals surface area contributed by atoms with E-state index >= 15 is 0 Å². The second kappa shape index (κ2) is 11.3. The predicted molar refractivity (Wildman–Crippen MR) is 135 cm³/mol. The molecule has 182 valence electrons. The molecule has 0 saturated heterocycles. The number of para-hydroxylation sites is 3. The molecule has 0 radical (unpaired) electrons. The first-order valence-electron chi connectivity index (χ1n) is 11.1.